The summed E-state index contributed by atoms with van der Waals surface area (Å²) in [5, 5.41) is 10.5. The van der Waals surface area contributed by atoms with Gasteiger partial charge in [0.25, 0.3) is 0 Å². The predicted octanol–water partition coefficient (Wildman–Crippen LogP) is 3.94. The van der Waals surface area contributed by atoms with Crippen molar-refractivity contribution in [2.45, 2.75) is 18.9 Å². The van der Waals surface area contributed by atoms with Gasteiger partial charge in [0, 0.05) is 18.0 Å². The lowest BCUT2D eigenvalue weighted by Gasteiger charge is -2.15. The first kappa shape index (κ1) is 15.2. The van der Waals surface area contributed by atoms with Crippen molar-refractivity contribution in [3.63, 3.8) is 0 Å². The molecule has 116 valence electrons. The predicted molar refractivity (Wildman–Crippen MR) is 88.3 cm³/mol. The molecule has 2 heterocycles. The van der Waals surface area contributed by atoms with Gasteiger partial charge in [-0.3, -0.25) is 4.98 Å². The van der Waals surface area contributed by atoms with Gasteiger partial charge in [-0.1, -0.05) is 30.3 Å². The maximum absolute atomic E-state index is 10.5. The smallest absolute Gasteiger partial charge is 0.225 e. The number of aliphatic hydroxyl groups excluding tert-OH is 1. The van der Waals surface area contributed by atoms with Crippen LogP contribution in [0.5, 0.6) is 11.6 Å². The molecule has 1 atom stereocenters. The van der Waals surface area contributed by atoms with Gasteiger partial charge in [0.05, 0.1) is 12.3 Å². The number of nitrogens with zero attached hydrogens (tertiary/aromatic N) is 2. The first-order valence-corrected chi connectivity index (χ1v) is 7.58. The minimum Gasteiger partial charge on any atom is -0.437 e. The topological polar surface area (TPSA) is 55.2 Å². The molecule has 4 heteroatoms. The molecule has 0 aliphatic carbocycles. The van der Waals surface area contributed by atoms with Crippen LogP contribution in [0.3, 0.4) is 0 Å². The van der Waals surface area contributed by atoms with Gasteiger partial charge in [-0.25, -0.2) is 4.98 Å². The molecule has 1 unspecified atom stereocenters. The molecule has 3 rings (SSSR count). The largest absolute Gasteiger partial charge is 0.437 e. The molecule has 0 saturated heterocycles. The fourth-order valence-electron chi connectivity index (χ4n) is 2.36. The van der Waals surface area contributed by atoms with Gasteiger partial charge < -0.3 is 9.84 Å². The zero-order chi connectivity index (χ0) is 15.9. The van der Waals surface area contributed by atoms with Gasteiger partial charge in [-0.15, -0.1) is 0 Å². The van der Waals surface area contributed by atoms with Crippen LogP contribution in [-0.4, -0.2) is 15.1 Å². The summed E-state index contributed by atoms with van der Waals surface area (Å²) in [5.74, 6) is 1.02. The van der Waals surface area contributed by atoms with E-state index in [-0.39, 0.29) is 0 Å². The van der Waals surface area contributed by atoms with Crippen molar-refractivity contribution >= 4 is 0 Å². The summed E-state index contributed by atoms with van der Waals surface area (Å²) in [7, 11) is 0. The molecule has 2 aromatic heterocycles. The SMILES string of the molecule is OC(CCc1ccccc1)c1cccnc1Oc1cccnc1. The van der Waals surface area contributed by atoms with Gasteiger partial charge in [0.1, 0.15) is 5.75 Å². The molecule has 0 amide bonds. The molecule has 0 radical (unpaired) electrons. The van der Waals surface area contributed by atoms with Crippen LogP contribution < -0.4 is 4.74 Å². The van der Waals surface area contributed by atoms with Crippen LogP contribution in [0, 0.1) is 0 Å². The van der Waals surface area contributed by atoms with E-state index in [0.717, 1.165) is 6.42 Å². The molecular formula is C19H18N2O2. The molecule has 23 heavy (non-hydrogen) atoms. The molecule has 3 aromatic rings. The van der Waals surface area contributed by atoms with E-state index < -0.39 is 6.10 Å². The number of ether oxygens (including phenoxy) is 1. The number of pyridine rings is 2. The monoisotopic (exact) mass is 306 g/mol. The summed E-state index contributed by atoms with van der Waals surface area (Å²) in [6, 6.07) is 17.4. The highest BCUT2D eigenvalue weighted by Gasteiger charge is 2.15. The van der Waals surface area contributed by atoms with Crippen molar-refractivity contribution in [1.82, 2.24) is 9.97 Å². The average Bonchev–Trinajstić information content (AvgIpc) is 2.62. The Hall–Kier alpha value is -2.72. The Labute approximate surface area is 135 Å². The Morgan fingerprint density at radius 3 is 2.57 bits per heavy atom. The number of rotatable bonds is 6. The number of hydrogen-bond donors (Lipinski definition) is 1. The van der Waals surface area contributed by atoms with Gasteiger partial charge in [-0.2, -0.15) is 0 Å². The quantitative estimate of drug-likeness (QED) is 0.749. The first-order valence-electron chi connectivity index (χ1n) is 7.58. The molecule has 0 fully saturated rings. The highest BCUT2D eigenvalue weighted by atomic mass is 16.5. The van der Waals surface area contributed by atoms with Crippen molar-refractivity contribution in [2.24, 2.45) is 0 Å². The van der Waals surface area contributed by atoms with E-state index in [1.807, 2.05) is 30.3 Å². The highest BCUT2D eigenvalue weighted by molar-refractivity contribution is 5.32. The number of aliphatic hydroxyl groups is 1. The molecule has 0 saturated carbocycles. The fraction of sp³-hybridized carbons (Fsp3) is 0.158. The van der Waals surface area contributed by atoms with E-state index in [9.17, 15) is 5.11 Å². The van der Waals surface area contributed by atoms with Crippen molar-refractivity contribution in [3.8, 4) is 11.6 Å². The third-order valence-electron chi connectivity index (χ3n) is 3.56. The van der Waals surface area contributed by atoms with Crippen LogP contribution in [0.15, 0.2) is 73.2 Å². The molecule has 4 nitrogen and oxygen atoms in total. The van der Waals surface area contributed by atoms with Gasteiger partial charge in [0.15, 0.2) is 0 Å². The van der Waals surface area contributed by atoms with Crippen molar-refractivity contribution in [2.75, 3.05) is 0 Å². The standard InChI is InChI=1S/C19H18N2O2/c22-18(11-10-15-6-2-1-3-7-15)17-9-5-13-21-19(17)23-16-8-4-12-20-14-16/h1-9,12-14,18,22H,10-11H2. The Morgan fingerprint density at radius 2 is 1.78 bits per heavy atom. The number of aromatic nitrogens is 2. The molecular weight excluding hydrogens is 288 g/mol. The maximum atomic E-state index is 10.5. The lowest BCUT2D eigenvalue weighted by molar-refractivity contribution is 0.164. The average molecular weight is 306 g/mol. The minimum absolute atomic E-state index is 0.418. The van der Waals surface area contributed by atoms with Crippen molar-refractivity contribution in [1.29, 1.82) is 0 Å². The van der Waals surface area contributed by atoms with E-state index >= 15 is 0 Å². The lowest BCUT2D eigenvalue weighted by Crippen LogP contribution is -2.03. The van der Waals surface area contributed by atoms with E-state index in [4.69, 9.17) is 4.74 Å². The van der Waals surface area contributed by atoms with Crippen molar-refractivity contribution < 1.29 is 9.84 Å². The number of aryl methyl sites for hydroxylation is 1. The van der Waals surface area contributed by atoms with Crippen LogP contribution in [0.4, 0.5) is 0 Å². The van der Waals surface area contributed by atoms with Crippen LogP contribution in [0.1, 0.15) is 23.7 Å². The fourth-order valence-corrected chi connectivity index (χ4v) is 2.36. The van der Waals surface area contributed by atoms with E-state index in [0.29, 0.717) is 23.6 Å². The first-order chi connectivity index (χ1) is 11.3. The third kappa shape index (κ3) is 4.14. The maximum Gasteiger partial charge on any atom is 0.225 e. The molecule has 0 bridgehead atoms. The van der Waals surface area contributed by atoms with Crippen LogP contribution in [0.2, 0.25) is 0 Å². The summed E-state index contributed by atoms with van der Waals surface area (Å²) in [4.78, 5) is 8.26. The third-order valence-corrected chi connectivity index (χ3v) is 3.56. The lowest BCUT2D eigenvalue weighted by atomic mass is 10.0. The molecule has 0 spiro atoms. The minimum atomic E-state index is -0.629. The second kappa shape index (κ2) is 7.51. The molecule has 0 aliphatic heterocycles. The van der Waals surface area contributed by atoms with Gasteiger partial charge in [-0.05, 0) is 42.7 Å². The molecule has 1 aromatic carbocycles. The van der Waals surface area contributed by atoms with E-state index in [1.165, 1.54) is 5.56 Å². The summed E-state index contributed by atoms with van der Waals surface area (Å²) in [5.41, 5.74) is 1.89. The zero-order valence-corrected chi connectivity index (χ0v) is 12.7. The summed E-state index contributed by atoms with van der Waals surface area (Å²) < 4.78 is 5.75. The van der Waals surface area contributed by atoms with Gasteiger partial charge >= 0.3 is 0 Å². The Balaban J connectivity index is 1.71. The normalized spacial score (nSPS) is 11.9. The van der Waals surface area contributed by atoms with Crippen molar-refractivity contribution in [3.05, 3.63) is 84.3 Å². The van der Waals surface area contributed by atoms with Crippen LogP contribution in [-0.2, 0) is 6.42 Å². The Morgan fingerprint density at radius 1 is 0.957 bits per heavy atom. The van der Waals surface area contributed by atoms with Crippen LogP contribution >= 0.6 is 0 Å². The summed E-state index contributed by atoms with van der Waals surface area (Å²) in [6.45, 7) is 0. The highest BCUT2D eigenvalue weighted by Crippen LogP contribution is 2.29. The second-order valence-electron chi connectivity index (χ2n) is 5.23. The van der Waals surface area contributed by atoms with E-state index in [2.05, 4.69) is 22.1 Å². The number of benzene rings is 1. The van der Waals surface area contributed by atoms with E-state index in [1.54, 1.807) is 30.7 Å². The Bertz CT molecular complexity index is 733. The second-order valence-corrected chi connectivity index (χ2v) is 5.23. The van der Waals surface area contributed by atoms with Crippen LogP contribution in [0.25, 0.3) is 0 Å². The number of hydrogen-bond acceptors (Lipinski definition) is 4. The zero-order valence-electron chi connectivity index (χ0n) is 12.7. The summed E-state index contributed by atoms with van der Waals surface area (Å²) in [6.07, 6.45) is 5.73. The summed E-state index contributed by atoms with van der Waals surface area (Å²) >= 11 is 0. The molecule has 1 N–H and O–H groups in total. The molecule has 0 aliphatic rings. The van der Waals surface area contributed by atoms with Gasteiger partial charge in [0.2, 0.25) is 5.88 Å². The Kier molecular flexibility index (Phi) is 4.96.